The van der Waals surface area contributed by atoms with E-state index in [1.807, 2.05) is 6.92 Å². The van der Waals surface area contributed by atoms with Gasteiger partial charge in [-0.15, -0.1) is 0 Å². The van der Waals surface area contributed by atoms with Crippen LogP contribution >= 0.6 is 0 Å². The smallest absolute Gasteiger partial charge is 0.362 e. The van der Waals surface area contributed by atoms with E-state index >= 15 is 0 Å². The molecule has 1 N–H and O–H groups in total. The van der Waals surface area contributed by atoms with Crippen molar-refractivity contribution in [3.63, 3.8) is 0 Å². The van der Waals surface area contributed by atoms with Crippen LogP contribution in [0.1, 0.15) is 23.0 Å². The molecule has 0 bridgehead atoms. The molecule has 0 fully saturated rings. The van der Waals surface area contributed by atoms with Gasteiger partial charge < -0.3 is 14.8 Å². The number of aromatic nitrogens is 2. The van der Waals surface area contributed by atoms with Gasteiger partial charge >= 0.3 is 5.97 Å². The lowest BCUT2D eigenvalue weighted by molar-refractivity contribution is -0.383. The molecule has 11 heteroatoms. The number of hydrogen-bond donors (Lipinski definition) is 1. The predicted octanol–water partition coefficient (Wildman–Crippen LogP) is 2.64. The fourth-order valence-corrected chi connectivity index (χ4v) is 2.83. The van der Waals surface area contributed by atoms with Crippen molar-refractivity contribution in [3.05, 3.63) is 86.3 Å². The number of hydrogen-bond acceptors (Lipinski definition) is 8. The molecule has 170 valence electrons. The Balaban J connectivity index is 1.86. The first-order valence-corrected chi connectivity index (χ1v) is 9.84. The van der Waals surface area contributed by atoms with Gasteiger partial charge in [-0.25, -0.2) is 4.79 Å². The van der Waals surface area contributed by atoms with Crippen molar-refractivity contribution in [1.82, 2.24) is 9.78 Å². The van der Waals surface area contributed by atoms with Gasteiger partial charge in [0.25, 0.3) is 17.2 Å². The Labute approximate surface area is 187 Å². The van der Waals surface area contributed by atoms with Crippen LogP contribution in [0.25, 0.3) is 5.69 Å². The van der Waals surface area contributed by atoms with Crippen LogP contribution in [-0.2, 0) is 9.53 Å². The fraction of sp³-hybridized carbons (Fsp3) is 0.182. The zero-order valence-electron chi connectivity index (χ0n) is 17.8. The summed E-state index contributed by atoms with van der Waals surface area (Å²) >= 11 is 0. The number of nitrogens with zero attached hydrogens (tertiary/aromatic N) is 3. The molecule has 0 aliphatic rings. The summed E-state index contributed by atoms with van der Waals surface area (Å²) in [7, 11) is 0. The number of carbonyl (C=O) groups excluding carboxylic acids is 2. The summed E-state index contributed by atoms with van der Waals surface area (Å²) in [5, 5.41) is 17.5. The second kappa shape index (κ2) is 10.2. The third-order valence-corrected chi connectivity index (χ3v) is 4.38. The van der Waals surface area contributed by atoms with Gasteiger partial charge in [-0.3, -0.25) is 19.7 Å². The van der Waals surface area contributed by atoms with Crippen molar-refractivity contribution in [2.75, 3.05) is 18.5 Å². The summed E-state index contributed by atoms with van der Waals surface area (Å²) in [6, 6.07) is 13.5. The van der Waals surface area contributed by atoms with Crippen molar-refractivity contribution < 1.29 is 24.0 Å². The quantitative estimate of drug-likeness (QED) is 0.312. The lowest BCUT2D eigenvalue weighted by Crippen LogP contribution is -2.27. The van der Waals surface area contributed by atoms with Gasteiger partial charge in [-0.05, 0) is 32.0 Å². The number of carbonyl (C=O) groups is 2. The third-order valence-electron chi connectivity index (χ3n) is 4.38. The Morgan fingerprint density at radius 2 is 1.85 bits per heavy atom. The van der Waals surface area contributed by atoms with Gasteiger partial charge in [-0.1, -0.05) is 29.8 Å². The molecular formula is C22H20N4O7. The zero-order chi connectivity index (χ0) is 24.0. The molecule has 11 nitrogen and oxygen atoms in total. The zero-order valence-corrected chi connectivity index (χ0v) is 17.8. The lowest BCUT2D eigenvalue weighted by atomic mass is 10.2. The maximum atomic E-state index is 12.6. The van der Waals surface area contributed by atoms with E-state index in [0.29, 0.717) is 5.69 Å². The first-order valence-electron chi connectivity index (χ1n) is 9.84. The van der Waals surface area contributed by atoms with Gasteiger partial charge in [0.05, 0.1) is 23.3 Å². The molecule has 0 atom stereocenters. The number of nitro benzene ring substituents is 1. The number of nitro groups is 1. The summed E-state index contributed by atoms with van der Waals surface area (Å²) in [6.07, 6.45) is 0. The van der Waals surface area contributed by atoms with Crippen LogP contribution < -0.4 is 15.6 Å². The van der Waals surface area contributed by atoms with Crippen LogP contribution in [0, 0.1) is 17.0 Å². The number of amides is 1. The minimum absolute atomic E-state index is 0.0189. The van der Waals surface area contributed by atoms with Gasteiger partial charge in [-0.2, -0.15) is 9.78 Å². The summed E-state index contributed by atoms with van der Waals surface area (Å²) < 4.78 is 11.4. The van der Waals surface area contributed by atoms with E-state index < -0.39 is 29.0 Å². The summed E-state index contributed by atoms with van der Waals surface area (Å²) in [6.45, 7) is 2.92. The average Bonchev–Trinajstić information content (AvgIpc) is 2.79. The van der Waals surface area contributed by atoms with Crippen molar-refractivity contribution in [1.29, 1.82) is 0 Å². The van der Waals surface area contributed by atoms with Gasteiger partial charge in [0.2, 0.25) is 5.69 Å². The number of para-hydroxylation sites is 2. The number of rotatable bonds is 8. The fourth-order valence-electron chi connectivity index (χ4n) is 2.83. The van der Waals surface area contributed by atoms with E-state index in [2.05, 4.69) is 10.4 Å². The molecular weight excluding hydrogens is 432 g/mol. The van der Waals surface area contributed by atoms with Gasteiger partial charge in [0, 0.05) is 6.07 Å². The van der Waals surface area contributed by atoms with E-state index in [9.17, 15) is 24.5 Å². The molecule has 1 amide bonds. The molecule has 0 radical (unpaired) electrons. The highest BCUT2D eigenvalue weighted by Crippen LogP contribution is 2.23. The predicted molar refractivity (Wildman–Crippen MR) is 118 cm³/mol. The van der Waals surface area contributed by atoms with Crippen LogP contribution in [-0.4, -0.2) is 39.8 Å². The number of ether oxygens (including phenoxy) is 2. The third kappa shape index (κ3) is 5.58. The van der Waals surface area contributed by atoms with Crippen LogP contribution in [0.5, 0.6) is 5.75 Å². The van der Waals surface area contributed by atoms with Crippen molar-refractivity contribution in [3.8, 4) is 11.4 Å². The monoisotopic (exact) mass is 452 g/mol. The van der Waals surface area contributed by atoms with E-state index in [1.165, 1.54) is 24.3 Å². The number of nitrogens with one attached hydrogen (secondary N) is 1. The van der Waals surface area contributed by atoms with Crippen LogP contribution in [0.2, 0.25) is 0 Å². The molecule has 0 saturated heterocycles. The van der Waals surface area contributed by atoms with Crippen molar-refractivity contribution >= 4 is 23.3 Å². The van der Waals surface area contributed by atoms with Crippen molar-refractivity contribution in [2.45, 2.75) is 13.8 Å². The molecule has 3 aromatic rings. The highest BCUT2D eigenvalue weighted by Gasteiger charge is 2.21. The van der Waals surface area contributed by atoms with Gasteiger partial charge in [0.1, 0.15) is 5.69 Å². The standard InChI is InChI=1S/C22H20N4O7/c1-3-32-22(29)21-18(12-20(28)25(24-21)15-10-8-14(2)9-11-15)33-13-19(27)23-16-6-4-5-7-17(16)26(30)31/h4-12H,3,13H2,1-2H3,(H,23,27). The Morgan fingerprint density at radius 1 is 1.15 bits per heavy atom. The summed E-state index contributed by atoms with van der Waals surface area (Å²) in [5.74, 6) is -1.83. The largest absolute Gasteiger partial charge is 0.481 e. The lowest BCUT2D eigenvalue weighted by Gasteiger charge is -2.13. The highest BCUT2D eigenvalue weighted by molar-refractivity contribution is 5.94. The molecule has 0 saturated carbocycles. The molecule has 3 rings (SSSR count). The molecule has 1 heterocycles. The Kier molecular flexibility index (Phi) is 7.13. The number of esters is 1. The number of anilines is 1. The number of benzene rings is 2. The maximum absolute atomic E-state index is 12.6. The average molecular weight is 452 g/mol. The SMILES string of the molecule is CCOC(=O)c1nn(-c2ccc(C)cc2)c(=O)cc1OCC(=O)Nc1ccccc1[N+](=O)[O-]. The van der Waals surface area contributed by atoms with Crippen LogP contribution in [0.15, 0.2) is 59.4 Å². The van der Waals surface area contributed by atoms with E-state index in [4.69, 9.17) is 9.47 Å². The molecule has 0 unspecified atom stereocenters. The summed E-state index contributed by atoms with van der Waals surface area (Å²) in [5.41, 5.74) is 0.199. The Morgan fingerprint density at radius 3 is 2.52 bits per heavy atom. The van der Waals surface area contributed by atoms with Crippen molar-refractivity contribution in [2.24, 2.45) is 0 Å². The second-order valence-electron chi connectivity index (χ2n) is 6.77. The minimum Gasteiger partial charge on any atom is -0.481 e. The Hall–Kier alpha value is -4.54. The molecule has 0 aliphatic carbocycles. The maximum Gasteiger partial charge on any atom is 0.362 e. The first kappa shape index (κ1) is 23.1. The van der Waals surface area contributed by atoms with E-state index in [0.717, 1.165) is 16.3 Å². The second-order valence-corrected chi connectivity index (χ2v) is 6.77. The molecule has 1 aromatic heterocycles. The summed E-state index contributed by atoms with van der Waals surface area (Å²) in [4.78, 5) is 47.8. The molecule has 2 aromatic carbocycles. The van der Waals surface area contributed by atoms with Crippen LogP contribution in [0.3, 0.4) is 0 Å². The highest BCUT2D eigenvalue weighted by atomic mass is 16.6. The Bertz CT molecular complexity index is 1250. The first-order chi connectivity index (χ1) is 15.8. The molecule has 0 aliphatic heterocycles. The van der Waals surface area contributed by atoms with Gasteiger partial charge in [0.15, 0.2) is 12.4 Å². The normalized spacial score (nSPS) is 10.4. The van der Waals surface area contributed by atoms with E-state index in [-0.39, 0.29) is 29.4 Å². The molecule has 0 spiro atoms. The van der Waals surface area contributed by atoms with E-state index in [1.54, 1.807) is 31.2 Å². The topological polar surface area (TPSA) is 143 Å². The van der Waals surface area contributed by atoms with Crippen LogP contribution in [0.4, 0.5) is 11.4 Å². The minimum atomic E-state index is -0.840. The number of aryl methyl sites for hydroxylation is 1. The molecule has 33 heavy (non-hydrogen) atoms.